The monoisotopic (exact) mass is 206 g/mol. The average Bonchev–Trinajstić information content (AvgIpc) is 2.79. The van der Waals surface area contributed by atoms with Crippen molar-refractivity contribution in [3.8, 4) is 6.07 Å². The highest BCUT2D eigenvalue weighted by Gasteiger charge is 2.39. The first-order valence-corrected chi connectivity index (χ1v) is 6.28. The average molecular weight is 206 g/mol. The van der Waals surface area contributed by atoms with Crippen LogP contribution in [0.5, 0.6) is 0 Å². The summed E-state index contributed by atoms with van der Waals surface area (Å²) in [5.41, 5.74) is 0. The van der Waals surface area contributed by atoms with Gasteiger partial charge in [0.15, 0.2) is 0 Å². The Morgan fingerprint density at radius 3 is 2.73 bits per heavy atom. The molecule has 2 bridgehead atoms. The molecule has 0 spiro atoms. The van der Waals surface area contributed by atoms with Crippen LogP contribution in [0.15, 0.2) is 0 Å². The molecule has 0 saturated heterocycles. The molecule has 0 heterocycles. The molecule has 0 radical (unpaired) electrons. The van der Waals surface area contributed by atoms with Crippen LogP contribution in [0.1, 0.15) is 39.0 Å². The molecule has 2 nitrogen and oxygen atoms in total. The van der Waals surface area contributed by atoms with Gasteiger partial charge in [-0.2, -0.15) is 5.26 Å². The summed E-state index contributed by atoms with van der Waals surface area (Å²) in [6.45, 7) is 3.38. The molecule has 2 heteroatoms. The molecule has 2 aliphatic carbocycles. The lowest BCUT2D eigenvalue weighted by atomic mass is 9.88. The predicted octanol–water partition coefficient (Wildman–Crippen LogP) is 2.66. The van der Waals surface area contributed by atoms with E-state index in [0.717, 1.165) is 17.8 Å². The molecule has 0 amide bonds. The maximum Gasteiger partial charge on any atom is 0.0638 e. The molecule has 0 aromatic heterocycles. The molecule has 2 rings (SSSR count). The van der Waals surface area contributed by atoms with Gasteiger partial charge in [-0.1, -0.05) is 6.42 Å². The van der Waals surface area contributed by atoms with Crippen LogP contribution in [0.2, 0.25) is 0 Å². The summed E-state index contributed by atoms with van der Waals surface area (Å²) in [6, 6.07) is 2.69. The molecule has 0 N–H and O–H groups in total. The Kier molecular flexibility index (Phi) is 3.31. The van der Waals surface area contributed by atoms with Crippen LogP contribution in [0.25, 0.3) is 0 Å². The van der Waals surface area contributed by atoms with E-state index >= 15 is 0 Å². The van der Waals surface area contributed by atoms with Gasteiger partial charge in [0.1, 0.15) is 0 Å². The van der Waals surface area contributed by atoms with E-state index in [2.05, 4.69) is 24.9 Å². The number of hydrogen-bond acceptors (Lipinski definition) is 2. The lowest BCUT2D eigenvalue weighted by Gasteiger charge is -2.30. The van der Waals surface area contributed by atoms with Crippen molar-refractivity contribution < 1.29 is 0 Å². The largest absolute Gasteiger partial charge is 0.302 e. The first-order chi connectivity index (χ1) is 7.20. The molecule has 0 aromatic rings. The van der Waals surface area contributed by atoms with Crippen molar-refractivity contribution in [1.82, 2.24) is 4.90 Å². The van der Waals surface area contributed by atoms with Gasteiger partial charge in [0.05, 0.1) is 12.5 Å². The summed E-state index contributed by atoms with van der Waals surface area (Å²) in [4.78, 5) is 2.38. The first-order valence-electron chi connectivity index (χ1n) is 6.28. The highest BCUT2D eigenvalue weighted by molar-refractivity contribution is 4.91. The number of fused-ring (bicyclic) bond motifs is 2. The summed E-state index contributed by atoms with van der Waals surface area (Å²) >= 11 is 0. The molecule has 0 aromatic carbocycles. The van der Waals surface area contributed by atoms with E-state index in [1.165, 1.54) is 32.2 Å². The van der Waals surface area contributed by atoms with Gasteiger partial charge < -0.3 is 4.90 Å². The molecule has 2 fully saturated rings. The van der Waals surface area contributed by atoms with Crippen molar-refractivity contribution in [3.05, 3.63) is 0 Å². The van der Waals surface area contributed by atoms with Gasteiger partial charge in [0.25, 0.3) is 0 Å². The number of nitriles is 1. The molecule has 4 atom stereocenters. The van der Waals surface area contributed by atoms with Gasteiger partial charge in [0, 0.05) is 12.6 Å². The van der Waals surface area contributed by atoms with Crippen molar-refractivity contribution in [1.29, 1.82) is 5.26 Å². The molecular weight excluding hydrogens is 184 g/mol. The molecule has 15 heavy (non-hydrogen) atoms. The highest BCUT2D eigenvalue weighted by Crippen LogP contribution is 2.48. The second kappa shape index (κ2) is 4.53. The Morgan fingerprint density at radius 1 is 1.40 bits per heavy atom. The Hall–Kier alpha value is -0.550. The topological polar surface area (TPSA) is 27.0 Å². The smallest absolute Gasteiger partial charge is 0.0638 e. The van der Waals surface area contributed by atoms with Crippen LogP contribution >= 0.6 is 0 Å². The number of hydrogen-bond donors (Lipinski definition) is 0. The van der Waals surface area contributed by atoms with E-state index in [-0.39, 0.29) is 0 Å². The van der Waals surface area contributed by atoms with E-state index < -0.39 is 0 Å². The standard InChI is InChI=1S/C13H22N2/c1-10(5-6-14)15(2)9-13-8-11-3-4-12(13)7-11/h10-13H,3-5,7-9H2,1-2H3. The Morgan fingerprint density at radius 2 is 2.20 bits per heavy atom. The lowest BCUT2D eigenvalue weighted by Crippen LogP contribution is -2.35. The van der Waals surface area contributed by atoms with Crippen molar-refractivity contribution in [2.24, 2.45) is 17.8 Å². The Balaban J connectivity index is 1.80. The van der Waals surface area contributed by atoms with E-state index in [1.54, 1.807) is 0 Å². The maximum atomic E-state index is 8.67. The van der Waals surface area contributed by atoms with Crippen LogP contribution in [0.3, 0.4) is 0 Å². The van der Waals surface area contributed by atoms with Crippen LogP contribution < -0.4 is 0 Å². The van der Waals surface area contributed by atoms with Gasteiger partial charge in [-0.25, -0.2) is 0 Å². The van der Waals surface area contributed by atoms with E-state index in [9.17, 15) is 0 Å². The van der Waals surface area contributed by atoms with Gasteiger partial charge in [0.2, 0.25) is 0 Å². The van der Waals surface area contributed by atoms with Crippen LogP contribution in [0, 0.1) is 29.1 Å². The number of rotatable bonds is 4. The Bertz CT molecular complexity index is 256. The zero-order valence-corrected chi connectivity index (χ0v) is 9.95. The second-order valence-corrected chi connectivity index (χ2v) is 5.59. The van der Waals surface area contributed by atoms with Crippen LogP contribution in [-0.2, 0) is 0 Å². The fourth-order valence-electron chi connectivity index (χ4n) is 3.44. The minimum Gasteiger partial charge on any atom is -0.302 e. The fourth-order valence-corrected chi connectivity index (χ4v) is 3.44. The van der Waals surface area contributed by atoms with E-state index in [0.29, 0.717) is 12.5 Å². The third-order valence-corrected chi connectivity index (χ3v) is 4.55. The summed E-state index contributed by atoms with van der Waals surface area (Å²) in [5, 5.41) is 8.67. The van der Waals surface area contributed by atoms with Gasteiger partial charge >= 0.3 is 0 Å². The summed E-state index contributed by atoms with van der Waals surface area (Å²) in [5.74, 6) is 2.97. The summed E-state index contributed by atoms with van der Waals surface area (Å²) in [7, 11) is 2.17. The van der Waals surface area contributed by atoms with Gasteiger partial charge in [-0.3, -0.25) is 0 Å². The van der Waals surface area contributed by atoms with Crippen molar-refractivity contribution >= 4 is 0 Å². The molecule has 0 aliphatic heterocycles. The third kappa shape index (κ3) is 2.34. The zero-order chi connectivity index (χ0) is 10.8. The zero-order valence-electron chi connectivity index (χ0n) is 9.95. The highest BCUT2D eigenvalue weighted by atomic mass is 15.1. The van der Waals surface area contributed by atoms with Crippen LogP contribution in [-0.4, -0.2) is 24.5 Å². The maximum absolute atomic E-state index is 8.67. The van der Waals surface area contributed by atoms with Gasteiger partial charge in [-0.05, 0) is 51.0 Å². The minimum absolute atomic E-state index is 0.425. The minimum atomic E-state index is 0.425. The second-order valence-electron chi connectivity index (χ2n) is 5.59. The van der Waals surface area contributed by atoms with Crippen molar-refractivity contribution in [3.63, 3.8) is 0 Å². The fraction of sp³-hybridized carbons (Fsp3) is 0.923. The number of nitrogens with zero attached hydrogens (tertiary/aromatic N) is 2. The first kappa shape index (κ1) is 11.0. The predicted molar refractivity (Wildman–Crippen MR) is 61.3 cm³/mol. The van der Waals surface area contributed by atoms with Crippen molar-refractivity contribution in [2.45, 2.75) is 45.1 Å². The lowest BCUT2D eigenvalue weighted by molar-refractivity contribution is 0.182. The van der Waals surface area contributed by atoms with E-state index in [1.807, 2.05) is 0 Å². The molecule has 84 valence electrons. The van der Waals surface area contributed by atoms with Crippen molar-refractivity contribution in [2.75, 3.05) is 13.6 Å². The normalized spacial score (nSPS) is 35.7. The molecule has 2 saturated carbocycles. The third-order valence-electron chi connectivity index (χ3n) is 4.55. The molecule has 2 aliphatic rings. The van der Waals surface area contributed by atoms with E-state index in [4.69, 9.17) is 5.26 Å². The summed E-state index contributed by atoms with van der Waals surface area (Å²) in [6.07, 6.45) is 6.56. The quantitative estimate of drug-likeness (QED) is 0.707. The van der Waals surface area contributed by atoms with Crippen LogP contribution in [0.4, 0.5) is 0 Å². The summed E-state index contributed by atoms with van der Waals surface area (Å²) < 4.78 is 0. The molecule has 4 unspecified atom stereocenters. The van der Waals surface area contributed by atoms with Gasteiger partial charge in [-0.15, -0.1) is 0 Å². The SMILES string of the molecule is CC(CC#N)N(C)CC1CC2CCC1C2. The molecular formula is C13H22N2. The Labute approximate surface area is 93.3 Å².